The van der Waals surface area contributed by atoms with Gasteiger partial charge in [-0.25, -0.2) is 4.98 Å². The van der Waals surface area contributed by atoms with E-state index in [0.29, 0.717) is 5.56 Å². The third-order valence-corrected chi connectivity index (χ3v) is 3.26. The third kappa shape index (κ3) is 4.27. The second-order valence-electron chi connectivity index (χ2n) is 4.22. The summed E-state index contributed by atoms with van der Waals surface area (Å²) in [4.78, 5) is 15.6. The molecule has 1 amide bonds. The van der Waals surface area contributed by atoms with Crippen LogP contribution in [0.15, 0.2) is 18.3 Å². The van der Waals surface area contributed by atoms with Crippen LogP contribution in [0.2, 0.25) is 5.15 Å². The molecule has 18 heavy (non-hydrogen) atoms. The molecule has 0 aliphatic rings. The van der Waals surface area contributed by atoms with Gasteiger partial charge in [0.05, 0.1) is 6.10 Å². The van der Waals surface area contributed by atoms with E-state index in [0.717, 1.165) is 12.8 Å². The maximum absolute atomic E-state index is 11.8. The Morgan fingerprint density at radius 2 is 2.17 bits per heavy atom. The Balaban J connectivity index is 2.51. The van der Waals surface area contributed by atoms with Crippen molar-refractivity contribution in [2.45, 2.75) is 32.8 Å². The molecule has 0 bridgehead atoms. The summed E-state index contributed by atoms with van der Waals surface area (Å²) < 4.78 is 0. The molecule has 1 rings (SSSR count). The van der Waals surface area contributed by atoms with Gasteiger partial charge in [0, 0.05) is 18.3 Å². The first-order valence-corrected chi connectivity index (χ1v) is 6.54. The maximum Gasteiger partial charge on any atom is 0.251 e. The molecular weight excluding hydrogens is 252 g/mol. The van der Waals surface area contributed by atoms with Gasteiger partial charge in [-0.1, -0.05) is 38.3 Å². The van der Waals surface area contributed by atoms with Crippen molar-refractivity contribution in [2.24, 2.45) is 5.92 Å². The fraction of sp³-hybridized carbons (Fsp3) is 0.538. The summed E-state index contributed by atoms with van der Waals surface area (Å²) in [7, 11) is 0. The molecule has 0 spiro atoms. The molecular formula is C13H19ClN2O2. The second-order valence-corrected chi connectivity index (χ2v) is 4.61. The maximum atomic E-state index is 11.8. The number of aliphatic hydroxyl groups is 1. The zero-order chi connectivity index (χ0) is 13.5. The number of nitrogens with zero attached hydrogens (tertiary/aromatic N) is 1. The molecule has 1 aromatic rings. The molecule has 5 heteroatoms. The quantitative estimate of drug-likeness (QED) is 0.780. The number of nitrogens with one attached hydrogen (secondary N) is 1. The van der Waals surface area contributed by atoms with Gasteiger partial charge in [0.1, 0.15) is 5.15 Å². The summed E-state index contributed by atoms with van der Waals surface area (Å²) in [5.74, 6) is -0.0318. The van der Waals surface area contributed by atoms with E-state index < -0.39 is 6.10 Å². The molecule has 2 N–H and O–H groups in total. The molecule has 0 fully saturated rings. The third-order valence-electron chi connectivity index (χ3n) is 3.05. The topological polar surface area (TPSA) is 62.2 Å². The van der Waals surface area contributed by atoms with Gasteiger partial charge in [-0.2, -0.15) is 0 Å². The first kappa shape index (κ1) is 14.9. The number of pyridine rings is 1. The number of carbonyl (C=O) groups excluding carboxylic acids is 1. The Morgan fingerprint density at radius 3 is 2.72 bits per heavy atom. The van der Waals surface area contributed by atoms with Crippen molar-refractivity contribution in [3.63, 3.8) is 0 Å². The van der Waals surface area contributed by atoms with Crippen molar-refractivity contribution in [3.8, 4) is 0 Å². The van der Waals surface area contributed by atoms with E-state index in [9.17, 15) is 9.90 Å². The van der Waals surface area contributed by atoms with Crippen LogP contribution in [0.1, 0.15) is 37.0 Å². The summed E-state index contributed by atoms with van der Waals surface area (Å²) in [5.41, 5.74) is 0.451. The molecule has 1 atom stereocenters. The zero-order valence-corrected chi connectivity index (χ0v) is 11.4. The largest absolute Gasteiger partial charge is 0.391 e. The van der Waals surface area contributed by atoms with E-state index in [1.807, 2.05) is 13.8 Å². The smallest absolute Gasteiger partial charge is 0.251 e. The fourth-order valence-electron chi connectivity index (χ4n) is 1.84. The molecule has 1 heterocycles. The van der Waals surface area contributed by atoms with Gasteiger partial charge in [0.25, 0.3) is 5.91 Å². The summed E-state index contributed by atoms with van der Waals surface area (Å²) >= 11 is 5.71. The first-order chi connectivity index (χ1) is 8.58. The molecule has 0 radical (unpaired) electrons. The van der Waals surface area contributed by atoms with E-state index in [-0.39, 0.29) is 23.5 Å². The summed E-state index contributed by atoms with van der Waals surface area (Å²) in [6, 6.07) is 3.09. The Morgan fingerprint density at radius 1 is 1.50 bits per heavy atom. The normalized spacial score (nSPS) is 12.5. The van der Waals surface area contributed by atoms with Gasteiger partial charge >= 0.3 is 0 Å². The number of aromatic nitrogens is 1. The van der Waals surface area contributed by atoms with Crippen LogP contribution in [0, 0.1) is 5.92 Å². The van der Waals surface area contributed by atoms with Crippen molar-refractivity contribution in [2.75, 3.05) is 6.54 Å². The lowest BCUT2D eigenvalue weighted by molar-refractivity contribution is 0.0816. The number of amides is 1. The minimum Gasteiger partial charge on any atom is -0.391 e. The molecule has 1 unspecified atom stereocenters. The van der Waals surface area contributed by atoms with Crippen LogP contribution in [0.5, 0.6) is 0 Å². The van der Waals surface area contributed by atoms with Crippen molar-refractivity contribution < 1.29 is 9.90 Å². The standard InChI is InChI=1S/C13H19ClN2O2/c1-3-9(4-2)11(17)8-16-13(18)10-5-6-15-12(14)7-10/h5-7,9,11,17H,3-4,8H2,1-2H3,(H,16,18). The summed E-state index contributed by atoms with van der Waals surface area (Å²) in [5, 5.41) is 12.9. The Bertz CT molecular complexity index is 394. The highest BCUT2D eigenvalue weighted by Gasteiger charge is 2.16. The average Bonchev–Trinajstić information content (AvgIpc) is 2.37. The molecule has 0 aromatic carbocycles. The van der Waals surface area contributed by atoms with E-state index in [1.165, 1.54) is 12.3 Å². The Kier molecular flexibility index (Phi) is 6.09. The van der Waals surface area contributed by atoms with Crippen molar-refractivity contribution >= 4 is 17.5 Å². The number of aliphatic hydroxyl groups excluding tert-OH is 1. The van der Waals surface area contributed by atoms with Gasteiger partial charge in [-0.15, -0.1) is 0 Å². The molecule has 1 aromatic heterocycles. The van der Waals surface area contributed by atoms with Crippen LogP contribution in [0.25, 0.3) is 0 Å². The summed E-state index contributed by atoms with van der Waals surface area (Å²) in [6.45, 7) is 4.31. The van der Waals surface area contributed by atoms with Crippen molar-refractivity contribution in [1.82, 2.24) is 10.3 Å². The number of hydrogen-bond donors (Lipinski definition) is 2. The van der Waals surface area contributed by atoms with Gasteiger partial charge in [0.2, 0.25) is 0 Å². The van der Waals surface area contributed by atoms with E-state index >= 15 is 0 Å². The van der Waals surface area contributed by atoms with Gasteiger partial charge in [-0.3, -0.25) is 4.79 Å². The number of halogens is 1. The molecule has 0 saturated heterocycles. The molecule has 0 aliphatic heterocycles. The van der Waals surface area contributed by atoms with Gasteiger partial charge in [-0.05, 0) is 18.1 Å². The monoisotopic (exact) mass is 270 g/mol. The highest BCUT2D eigenvalue weighted by molar-refractivity contribution is 6.29. The molecule has 4 nitrogen and oxygen atoms in total. The van der Waals surface area contributed by atoms with Crippen molar-refractivity contribution in [1.29, 1.82) is 0 Å². The van der Waals surface area contributed by atoms with Crippen molar-refractivity contribution in [3.05, 3.63) is 29.0 Å². The first-order valence-electron chi connectivity index (χ1n) is 6.16. The Labute approximate surface area is 112 Å². The lowest BCUT2D eigenvalue weighted by Gasteiger charge is -2.20. The van der Waals surface area contributed by atoms with Gasteiger partial charge < -0.3 is 10.4 Å². The number of rotatable bonds is 6. The lowest BCUT2D eigenvalue weighted by Crippen LogP contribution is -2.36. The van der Waals surface area contributed by atoms with E-state index in [4.69, 9.17) is 11.6 Å². The van der Waals surface area contributed by atoms with Crippen LogP contribution in [-0.2, 0) is 0 Å². The fourth-order valence-corrected chi connectivity index (χ4v) is 2.02. The van der Waals surface area contributed by atoms with Gasteiger partial charge in [0.15, 0.2) is 0 Å². The molecule has 0 saturated carbocycles. The average molecular weight is 271 g/mol. The predicted molar refractivity (Wildman–Crippen MR) is 71.7 cm³/mol. The second kappa shape index (κ2) is 7.34. The zero-order valence-electron chi connectivity index (χ0n) is 10.7. The molecule has 100 valence electrons. The molecule has 0 aliphatic carbocycles. The minimum atomic E-state index is -0.513. The van der Waals surface area contributed by atoms with E-state index in [1.54, 1.807) is 6.07 Å². The van der Waals surface area contributed by atoms with Crippen LogP contribution < -0.4 is 5.32 Å². The van der Waals surface area contributed by atoms with Crippen LogP contribution >= 0.6 is 11.6 Å². The predicted octanol–water partition coefficient (Wildman–Crippen LogP) is 2.26. The van der Waals surface area contributed by atoms with Crippen LogP contribution in [0.3, 0.4) is 0 Å². The number of carbonyl (C=O) groups is 1. The van der Waals surface area contributed by atoms with Crippen LogP contribution in [-0.4, -0.2) is 28.6 Å². The Hall–Kier alpha value is -1.13. The minimum absolute atomic E-state index is 0.214. The summed E-state index contributed by atoms with van der Waals surface area (Å²) in [6.07, 6.45) is 2.76. The lowest BCUT2D eigenvalue weighted by atomic mass is 9.96. The highest BCUT2D eigenvalue weighted by Crippen LogP contribution is 2.12. The number of hydrogen-bond acceptors (Lipinski definition) is 3. The van der Waals surface area contributed by atoms with E-state index in [2.05, 4.69) is 10.3 Å². The highest BCUT2D eigenvalue weighted by atomic mass is 35.5. The van der Waals surface area contributed by atoms with Crippen LogP contribution in [0.4, 0.5) is 0 Å². The SMILES string of the molecule is CCC(CC)C(O)CNC(=O)c1ccnc(Cl)c1.